The van der Waals surface area contributed by atoms with Crippen molar-refractivity contribution in [3.63, 3.8) is 0 Å². The third kappa shape index (κ3) is 5.82. The van der Waals surface area contributed by atoms with Crippen LogP contribution in [0.3, 0.4) is 0 Å². The van der Waals surface area contributed by atoms with E-state index in [1.807, 2.05) is 18.2 Å². The van der Waals surface area contributed by atoms with Gasteiger partial charge in [-0.05, 0) is 24.1 Å². The summed E-state index contributed by atoms with van der Waals surface area (Å²) in [5.74, 6) is 0.661. The molecule has 26 heavy (non-hydrogen) atoms. The molecule has 0 radical (unpaired) electrons. The molecule has 1 aromatic heterocycles. The number of pyridine rings is 1. The second-order valence-electron chi connectivity index (χ2n) is 6.30. The van der Waals surface area contributed by atoms with Gasteiger partial charge < -0.3 is 15.4 Å². The van der Waals surface area contributed by atoms with Crippen LogP contribution in [0.2, 0.25) is 0 Å². The van der Waals surface area contributed by atoms with Crippen molar-refractivity contribution in [2.75, 3.05) is 51.3 Å². The van der Waals surface area contributed by atoms with Gasteiger partial charge in [0.25, 0.3) is 5.91 Å². The van der Waals surface area contributed by atoms with Crippen LogP contribution in [0.1, 0.15) is 15.9 Å². The molecule has 0 bridgehead atoms. The van der Waals surface area contributed by atoms with Crippen molar-refractivity contribution in [3.8, 4) is 0 Å². The number of amides is 1. The van der Waals surface area contributed by atoms with Crippen molar-refractivity contribution in [2.45, 2.75) is 6.42 Å². The van der Waals surface area contributed by atoms with Crippen LogP contribution in [0.25, 0.3) is 0 Å². The zero-order valence-corrected chi connectivity index (χ0v) is 15.0. The average Bonchev–Trinajstić information content (AvgIpc) is 2.70. The molecule has 2 N–H and O–H groups in total. The molecule has 1 amide bonds. The van der Waals surface area contributed by atoms with Gasteiger partial charge in [0.2, 0.25) is 0 Å². The van der Waals surface area contributed by atoms with E-state index in [9.17, 15) is 4.79 Å². The third-order valence-electron chi connectivity index (χ3n) is 4.40. The smallest absolute Gasteiger partial charge is 0.251 e. The first-order valence-corrected chi connectivity index (χ1v) is 9.13. The van der Waals surface area contributed by atoms with E-state index in [0.717, 1.165) is 51.6 Å². The molecule has 6 heteroatoms. The second kappa shape index (κ2) is 9.89. The number of morpholine rings is 1. The number of aromatic nitrogens is 1. The molecule has 1 aliphatic rings. The summed E-state index contributed by atoms with van der Waals surface area (Å²) in [6.07, 6.45) is 2.49. The highest BCUT2D eigenvalue weighted by Crippen LogP contribution is 2.07. The molecule has 0 aliphatic carbocycles. The molecule has 1 aromatic carbocycles. The quantitative estimate of drug-likeness (QED) is 0.757. The van der Waals surface area contributed by atoms with E-state index in [-0.39, 0.29) is 5.91 Å². The standard InChI is InChI=1S/C20H26N4O2/c25-20(23-8-6-17-4-2-1-3-5-17)18-7-9-21-19(16-18)22-10-11-24-12-14-26-15-13-24/h1-5,7,9,16H,6,8,10-15H2,(H,21,22)(H,23,25). The third-order valence-corrected chi connectivity index (χ3v) is 4.40. The fourth-order valence-corrected chi connectivity index (χ4v) is 2.90. The molecular formula is C20H26N4O2. The Morgan fingerprint density at radius 1 is 1.12 bits per heavy atom. The van der Waals surface area contributed by atoms with Crippen LogP contribution in [0.5, 0.6) is 0 Å². The molecule has 0 atom stereocenters. The van der Waals surface area contributed by atoms with Gasteiger partial charge in [-0.25, -0.2) is 4.98 Å². The van der Waals surface area contributed by atoms with Gasteiger partial charge >= 0.3 is 0 Å². The van der Waals surface area contributed by atoms with Gasteiger partial charge in [-0.15, -0.1) is 0 Å². The molecule has 0 spiro atoms. The summed E-state index contributed by atoms with van der Waals surface area (Å²) in [4.78, 5) is 19.0. The topological polar surface area (TPSA) is 66.5 Å². The minimum atomic E-state index is -0.0699. The summed E-state index contributed by atoms with van der Waals surface area (Å²) < 4.78 is 5.35. The van der Waals surface area contributed by atoms with Crippen molar-refractivity contribution < 1.29 is 9.53 Å². The summed E-state index contributed by atoms with van der Waals surface area (Å²) in [6, 6.07) is 13.7. The van der Waals surface area contributed by atoms with Gasteiger partial charge in [0, 0.05) is 44.5 Å². The molecule has 3 rings (SSSR count). The zero-order chi connectivity index (χ0) is 18.0. The summed E-state index contributed by atoms with van der Waals surface area (Å²) >= 11 is 0. The van der Waals surface area contributed by atoms with Crippen LogP contribution in [0.4, 0.5) is 5.82 Å². The predicted molar refractivity (Wildman–Crippen MR) is 102 cm³/mol. The van der Waals surface area contributed by atoms with E-state index in [0.29, 0.717) is 12.1 Å². The van der Waals surface area contributed by atoms with Gasteiger partial charge in [-0.3, -0.25) is 9.69 Å². The van der Waals surface area contributed by atoms with Crippen molar-refractivity contribution in [2.24, 2.45) is 0 Å². The SMILES string of the molecule is O=C(NCCc1ccccc1)c1ccnc(NCCN2CCOCC2)c1. The fourth-order valence-electron chi connectivity index (χ4n) is 2.90. The van der Waals surface area contributed by atoms with E-state index in [1.54, 1.807) is 18.3 Å². The number of ether oxygens (including phenoxy) is 1. The minimum Gasteiger partial charge on any atom is -0.379 e. The number of nitrogens with one attached hydrogen (secondary N) is 2. The lowest BCUT2D eigenvalue weighted by Crippen LogP contribution is -2.39. The summed E-state index contributed by atoms with van der Waals surface area (Å²) in [5, 5.41) is 6.26. The van der Waals surface area contributed by atoms with Gasteiger partial charge in [0.1, 0.15) is 5.82 Å². The Labute approximate surface area is 154 Å². The van der Waals surface area contributed by atoms with Crippen LogP contribution < -0.4 is 10.6 Å². The predicted octanol–water partition coefficient (Wildman–Crippen LogP) is 1.80. The molecule has 1 aliphatic heterocycles. The number of rotatable bonds is 8. The number of nitrogens with zero attached hydrogens (tertiary/aromatic N) is 2. The van der Waals surface area contributed by atoms with Gasteiger partial charge in [-0.2, -0.15) is 0 Å². The molecule has 0 saturated carbocycles. The molecular weight excluding hydrogens is 328 g/mol. The molecule has 2 aromatic rings. The lowest BCUT2D eigenvalue weighted by Gasteiger charge is -2.26. The Morgan fingerprint density at radius 3 is 2.73 bits per heavy atom. The van der Waals surface area contributed by atoms with Crippen molar-refractivity contribution >= 4 is 11.7 Å². The van der Waals surface area contributed by atoms with Crippen LogP contribution >= 0.6 is 0 Å². The van der Waals surface area contributed by atoms with E-state index in [1.165, 1.54) is 5.56 Å². The van der Waals surface area contributed by atoms with Gasteiger partial charge in [0.15, 0.2) is 0 Å². The maximum Gasteiger partial charge on any atom is 0.251 e. The number of hydrogen-bond donors (Lipinski definition) is 2. The van der Waals surface area contributed by atoms with Gasteiger partial charge in [0.05, 0.1) is 13.2 Å². The molecule has 1 fully saturated rings. The molecule has 6 nitrogen and oxygen atoms in total. The Balaban J connectivity index is 1.42. The van der Waals surface area contributed by atoms with E-state index < -0.39 is 0 Å². The number of carbonyl (C=O) groups excluding carboxylic acids is 1. The van der Waals surface area contributed by atoms with Crippen molar-refractivity contribution in [1.82, 2.24) is 15.2 Å². The van der Waals surface area contributed by atoms with Crippen LogP contribution in [-0.2, 0) is 11.2 Å². The van der Waals surface area contributed by atoms with E-state index in [4.69, 9.17) is 4.74 Å². The van der Waals surface area contributed by atoms with Crippen LogP contribution in [0.15, 0.2) is 48.7 Å². The fraction of sp³-hybridized carbons (Fsp3) is 0.400. The molecule has 2 heterocycles. The maximum absolute atomic E-state index is 12.3. The number of benzene rings is 1. The highest BCUT2D eigenvalue weighted by atomic mass is 16.5. The maximum atomic E-state index is 12.3. The van der Waals surface area contributed by atoms with Crippen LogP contribution in [-0.4, -0.2) is 61.7 Å². The highest BCUT2D eigenvalue weighted by molar-refractivity contribution is 5.94. The largest absolute Gasteiger partial charge is 0.379 e. The Kier molecular flexibility index (Phi) is 6.98. The minimum absolute atomic E-state index is 0.0699. The van der Waals surface area contributed by atoms with Crippen molar-refractivity contribution in [3.05, 3.63) is 59.8 Å². The van der Waals surface area contributed by atoms with Crippen LogP contribution in [0, 0.1) is 0 Å². The Bertz CT molecular complexity index is 687. The lowest BCUT2D eigenvalue weighted by molar-refractivity contribution is 0.0398. The first-order chi connectivity index (χ1) is 12.8. The number of anilines is 1. The average molecular weight is 354 g/mol. The first kappa shape index (κ1) is 18.4. The van der Waals surface area contributed by atoms with Crippen molar-refractivity contribution in [1.29, 1.82) is 0 Å². The normalized spacial score (nSPS) is 14.8. The first-order valence-electron chi connectivity index (χ1n) is 9.13. The molecule has 0 unspecified atom stereocenters. The van der Waals surface area contributed by atoms with E-state index in [2.05, 4.69) is 32.7 Å². The lowest BCUT2D eigenvalue weighted by atomic mass is 10.1. The van der Waals surface area contributed by atoms with E-state index >= 15 is 0 Å². The summed E-state index contributed by atoms with van der Waals surface area (Å²) in [6.45, 7) is 5.90. The number of hydrogen-bond acceptors (Lipinski definition) is 5. The Morgan fingerprint density at radius 2 is 1.92 bits per heavy atom. The number of carbonyl (C=O) groups is 1. The summed E-state index contributed by atoms with van der Waals surface area (Å²) in [7, 11) is 0. The molecule has 138 valence electrons. The Hall–Kier alpha value is -2.44. The van der Waals surface area contributed by atoms with Gasteiger partial charge in [-0.1, -0.05) is 30.3 Å². The molecule has 1 saturated heterocycles. The highest BCUT2D eigenvalue weighted by Gasteiger charge is 2.10. The zero-order valence-electron chi connectivity index (χ0n) is 15.0. The monoisotopic (exact) mass is 354 g/mol. The summed E-state index contributed by atoms with van der Waals surface area (Å²) in [5.41, 5.74) is 1.84. The second-order valence-corrected chi connectivity index (χ2v) is 6.30.